The van der Waals surface area contributed by atoms with Crippen LogP contribution in [0, 0.1) is 11.7 Å². The Balaban J connectivity index is 2.64. The van der Waals surface area contributed by atoms with Crippen molar-refractivity contribution in [1.29, 1.82) is 0 Å². The summed E-state index contributed by atoms with van der Waals surface area (Å²) in [5.74, 6) is 0.221. The fourth-order valence-electron chi connectivity index (χ4n) is 1.35. The maximum Gasteiger partial charge on any atom is 0.125 e. The number of hydrogen-bond acceptors (Lipinski definition) is 2. The van der Waals surface area contributed by atoms with Gasteiger partial charge in [0.1, 0.15) is 5.82 Å². The highest BCUT2D eigenvalue weighted by molar-refractivity contribution is 5.45. The highest BCUT2D eigenvalue weighted by atomic mass is 19.1. The molecule has 84 valence electrons. The van der Waals surface area contributed by atoms with Gasteiger partial charge in [0.2, 0.25) is 0 Å². The molecule has 2 N–H and O–H groups in total. The number of halogens is 1. The lowest BCUT2D eigenvalue weighted by Crippen LogP contribution is -2.38. The van der Waals surface area contributed by atoms with Crippen molar-refractivity contribution < 1.29 is 4.39 Å². The first-order valence-corrected chi connectivity index (χ1v) is 5.23. The molecular formula is C12H19FN2. The van der Waals surface area contributed by atoms with Crippen molar-refractivity contribution in [1.82, 2.24) is 0 Å². The number of benzene rings is 1. The molecule has 1 atom stereocenters. The van der Waals surface area contributed by atoms with Crippen LogP contribution in [0.15, 0.2) is 24.3 Å². The summed E-state index contributed by atoms with van der Waals surface area (Å²) in [6.07, 6.45) is 0. The average molecular weight is 210 g/mol. The predicted molar refractivity (Wildman–Crippen MR) is 62.5 cm³/mol. The lowest BCUT2D eigenvalue weighted by molar-refractivity contribution is 0.493. The van der Waals surface area contributed by atoms with Gasteiger partial charge in [0.25, 0.3) is 0 Å². The second-order valence-electron chi connectivity index (χ2n) is 4.27. The highest BCUT2D eigenvalue weighted by Gasteiger charge is 2.11. The van der Waals surface area contributed by atoms with Crippen molar-refractivity contribution in [3.63, 3.8) is 0 Å². The highest BCUT2D eigenvalue weighted by Crippen LogP contribution is 2.14. The van der Waals surface area contributed by atoms with Crippen LogP contribution < -0.4 is 10.6 Å². The van der Waals surface area contributed by atoms with Gasteiger partial charge in [-0.2, -0.15) is 0 Å². The van der Waals surface area contributed by atoms with Crippen molar-refractivity contribution in [2.45, 2.75) is 19.9 Å². The third-order valence-corrected chi connectivity index (χ3v) is 2.59. The molecule has 0 saturated carbocycles. The number of rotatable bonds is 4. The Labute approximate surface area is 90.9 Å². The molecule has 3 heteroatoms. The van der Waals surface area contributed by atoms with Crippen LogP contribution in [0.25, 0.3) is 0 Å². The smallest absolute Gasteiger partial charge is 0.125 e. The molecular weight excluding hydrogens is 191 g/mol. The molecule has 0 saturated heterocycles. The molecule has 0 aliphatic heterocycles. The normalized spacial score (nSPS) is 12.9. The van der Waals surface area contributed by atoms with Crippen molar-refractivity contribution in [2.24, 2.45) is 11.7 Å². The minimum atomic E-state index is -0.211. The van der Waals surface area contributed by atoms with E-state index in [1.165, 1.54) is 12.1 Å². The zero-order valence-corrected chi connectivity index (χ0v) is 9.57. The summed E-state index contributed by atoms with van der Waals surface area (Å²) < 4.78 is 13.0. The van der Waals surface area contributed by atoms with Gasteiger partial charge in [-0.1, -0.05) is 19.9 Å². The van der Waals surface area contributed by atoms with E-state index in [-0.39, 0.29) is 11.9 Å². The molecule has 1 rings (SSSR count). The average Bonchev–Trinajstić information content (AvgIpc) is 2.17. The topological polar surface area (TPSA) is 29.3 Å². The first-order chi connectivity index (χ1) is 7.00. The van der Waals surface area contributed by atoms with Crippen LogP contribution in [-0.2, 0) is 0 Å². The zero-order chi connectivity index (χ0) is 11.4. The quantitative estimate of drug-likeness (QED) is 0.825. The van der Waals surface area contributed by atoms with E-state index in [1.54, 1.807) is 6.07 Å². The van der Waals surface area contributed by atoms with E-state index in [1.807, 2.05) is 18.0 Å². The van der Waals surface area contributed by atoms with E-state index in [9.17, 15) is 4.39 Å². The first kappa shape index (κ1) is 12.0. The van der Waals surface area contributed by atoms with E-state index in [4.69, 9.17) is 5.73 Å². The maximum absolute atomic E-state index is 13.0. The molecule has 1 aromatic rings. The van der Waals surface area contributed by atoms with Gasteiger partial charge in [-0.25, -0.2) is 4.39 Å². The summed E-state index contributed by atoms with van der Waals surface area (Å²) in [4.78, 5) is 1.98. The summed E-state index contributed by atoms with van der Waals surface area (Å²) >= 11 is 0. The van der Waals surface area contributed by atoms with E-state index in [0.717, 1.165) is 12.2 Å². The molecule has 15 heavy (non-hydrogen) atoms. The molecule has 0 bridgehead atoms. The Morgan fingerprint density at radius 3 is 2.60 bits per heavy atom. The Morgan fingerprint density at radius 1 is 1.40 bits per heavy atom. The van der Waals surface area contributed by atoms with E-state index in [0.29, 0.717) is 5.92 Å². The Bertz CT molecular complexity index is 312. The summed E-state index contributed by atoms with van der Waals surface area (Å²) in [6, 6.07) is 6.67. The van der Waals surface area contributed by atoms with Crippen molar-refractivity contribution in [3.05, 3.63) is 30.1 Å². The largest absolute Gasteiger partial charge is 0.373 e. The molecule has 0 amide bonds. The monoisotopic (exact) mass is 210 g/mol. The van der Waals surface area contributed by atoms with Gasteiger partial charge in [0.15, 0.2) is 0 Å². The van der Waals surface area contributed by atoms with Gasteiger partial charge < -0.3 is 10.6 Å². The first-order valence-electron chi connectivity index (χ1n) is 5.23. The number of nitrogens with two attached hydrogens (primary N) is 1. The van der Waals surface area contributed by atoms with Crippen LogP contribution in [0.1, 0.15) is 13.8 Å². The van der Waals surface area contributed by atoms with Crippen LogP contribution in [0.4, 0.5) is 10.1 Å². The molecule has 0 radical (unpaired) electrons. The van der Waals surface area contributed by atoms with Crippen LogP contribution in [0.3, 0.4) is 0 Å². The molecule has 2 nitrogen and oxygen atoms in total. The standard InChI is InChI=1S/C12H19FN2/c1-9(2)12(14)8-15(3)11-6-4-5-10(13)7-11/h4-7,9,12H,8,14H2,1-3H3. The van der Waals surface area contributed by atoms with Gasteiger partial charge in [0, 0.05) is 25.3 Å². The minimum Gasteiger partial charge on any atom is -0.373 e. The second-order valence-corrected chi connectivity index (χ2v) is 4.27. The Kier molecular flexibility index (Phi) is 4.09. The van der Waals surface area contributed by atoms with Crippen LogP contribution in [-0.4, -0.2) is 19.6 Å². The second kappa shape index (κ2) is 5.12. The lowest BCUT2D eigenvalue weighted by Gasteiger charge is -2.25. The van der Waals surface area contributed by atoms with Crippen LogP contribution in [0.2, 0.25) is 0 Å². The van der Waals surface area contributed by atoms with Gasteiger partial charge in [0.05, 0.1) is 0 Å². The molecule has 0 spiro atoms. The summed E-state index contributed by atoms with van der Waals surface area (Å²) in [5.41, 5.74) is 6.82. The zero-order valence-electron chi connectivity index (χ0n) is 9.57. The fourth-order valence-corrected chi connectivity index (χ4v) is 1.35. The number of hydrogen-bond donors (Lipinski definition) is 1. The third-order valence-electron chi connectivity index (χ3n) is 2.59. The van der Waals surface area contributed by atoms with Crippen molar-refractivity contribution >= 4 is 5.69 Å². The molecule has 0 aliphatic rings. The summed E-state index contributed by atoms with van der Waals surface area (Å²) in [7, 11) is 1.93. The number of likely N-dealkylation sites (N-methyl/N-ethyl adjacent to an activating group) is 1. The summed E-state index contributed by atoms with van der Waals surface area (Å²) in [5, 5.41) is 0. The van der Waals surface area contributed by atoms with Crippen molar-refractivity contribution in [3.8, 4) is 0 Å². The van der Waals surface area contributed by atoms with Gasteiger partial charge in [-0.3, -0.25) is 0 Å². The molecule has 1 unspecified atom stereocenters. The van der Waals surface area contributed by atoms with Crippen molar-refractivity contribution in [2.75, 3.05) is 18.5 Å². The molecule has 0 heterocycles. The fraction of sp³-hybridized carbons (Fsp3) is 0.500. The maximum atomic E-state index is 13.0. The van der Waals surface area contributed by atoms with Crippen LogP contribution in [0.5, 0.6) is 0 Å². The van der Waals surface area contributed by atoms with E-state index >= 15 is 0 Å². The van der Waals surface area contributed by atoms with Crippen LogP contribution >= 0.6 is 0 Å². The Hall–Kier alpha value is -1.09. The number of anilines is 1. The van der Waals surface area contributed by atoms with E-state index in [2.05, 4.69) is 13.8 Å². The third kappa shape index (κ3) is 3.51. The molecule has 0 aromatic heterocycles. The molecule has 1 aromatic carbocycles. The molecule has 0 aliphatic carbocycles. The lowest BCUT2D eigenvalue weighted by atomic mass is 10.1. The minimum absolute atomic E-state index is 0.110. The SMILES string of the molecule is CC(C)C(N)CN(C)c1cccc(F)c1. The summed E-state index contributed by atoms with van der Waals surface area (Å²) in [6.45, 7) is 4.91. The molecule has 0 fully saturated rings. The van der Waals surface area contributed by atoms with Gasteiger partial charge in [-0.15, -0.1) is 0 Å². The van der Waals surface area contributed by atoms with Gasteiger partial charge in [-0.05, 0) is 24.1 Å². The number of nitrogens with zero attached hydrogens (tertiary/aromatic N) is 1. The van der Waals surface area contributed by atoms with E-state index < -0.39 is 0 Å². The van der Waals surface area contributed by atoms with Gasteiger partial charge >= 0.3 is 0 Å². The predicted octanol–water partition coefficient (Wildman–Crippen LogP) is 2.25. The Morgan fingerprint density at radius 2 is 2.07 bits per heavy atom.